The fourth-order valence-corrected chi connectivity index (χ4v) is 4.93. The lowest BCUT2D eigenvalue weighted by Crippen LogP contribution is -2.48. The third-order valence-corrected chi connectivity index (χ3v) is 6.88. The maximum atomic E-state index is 6.67. The van der Waals surface area contributed by atoms with Crippen LogP contribution in [-0.4, -0.2) is 66.9 Å². The van der Waals surface area contributed by atoms with Crippen LogP contribution in [0.2, 0.25) is 5.02 Å². The fraction of sp³-hybridized carbons (Fsp3) is 0.455. The average Bonchev–Trinajstić information content (AvgIpc) is 3.26. The van der Waals surface area contributed by atoms with E-state index in [2.05, 4.69) is 57.4 Å². The predicted octanol–water partition coefficient (Wildman–Crippen LogP) is 3.36. The van der Waals surface area contributed by atoms with Gasteiger partial charge in [-0.25, -0.2) is 19.9 Å². The first-order valence-electron chi connectivity index (χ1n) is 11.2. The molecule has 9 nitrogen and oxygen atoms in total. The highest BCUT2D eigenvalue weighted by Gasteiger charge is 2.29. The molecular formula is C22H26ClN9. The fourth-order valence-electron chi connectivity index (χ4n) is 4.67. The number of rotatable bonds is 6. The minimum Gasteiger partial charge on any atom is -0.362 e. The number of H-pyrrole nitrogens is 1. The highest BCUT2D eigenvalue weighted by Crippen LogP contribution is 2.35. The molecule has 1 aliphatic carbocycles. The molecule has 4 aromatic rings. The number of anilines is 2. The summed E-state index contributed by atoms with van der Waals surface area (Å²) in [5.41, 5.74) is 3.48. The van der Waals surface area contributed by atoms with Crippen LogP contribution in [0.5, 0.6) is 0 Å². The van der Waals surface area contributed by atoms with Gasteiger partial charge in [-0.2, -0.15) is 0 Å². The number of aromatic nitrogens is 6. The molecule has 2 fully saturated rings. The van der Waals surface area contributed by atoms with E-state index in [0.717, 1.165) is 60.3 Å². The van der Waals surface area contributed by atoms with E-state index < -0.39 is 0 Å². The number of pyridine rings is 1. The summed E-state index contributed by atoms with van der Waals surface area (Å²) in [4.78, 5) is 25.5. The number of nitrogens with one attached hydrogen (secondary N) is 2. The van der Waals surface area contributed by atoms with Crippen LogP contribution < -0.4 is 10.2 Å². The largest absolute Gasteiger partial charge is 0.362 e. The molecule has 10 heteroatoms. The predicted molar refractivity (Wildman–Crippen MR) is 125 cm³/mol. The molecule has 0 bridgehead atoms. The minimum atomic E-state index is -0.0415. The van der Waals surface area contributed by atoms with Gasteiger partial charge in [0.15, 0.2) is 11.5 Å². The molecule has 2 N–H and O–H groups in total. The number of hydrogen-bond donors (Lipinski definition) is 2. The Labute approximate surface area is 190 Å². The molecule has 1 unspecified atom stereocenters. The van der Waals surface area contributed by atoms with Crippen LogP contribution in [-0.2, 0) is 0 Å². The second-order valence-corrected chi connectivity index (χ2v) is 9.25. The summed E-state index contributed by atoms with van der Waals surface area (Å²) in [5, 5.41) is 4.23. The van der Waals surface area contributed by atoms with Crippen molar-refractivity contribution < 1.29 is 0 Å². The van der Waals surface area contributed by atoms with Crippen molar-refractivity contribution in [1.29, 1.82) is 0 Å². The van der Waals surface area contributed by atoms with Gasteiger partial charge in [0.05, 0.1) is 29.1 Å². The summed E-state index contributed by atoms with van der Waals surface area (Å²) in [7, 11) is 0. The number of hydrogen-bond acceptors (Lipinski definition) is 7. The van der Waals surface area contributed by atoms with Crippen molar-refractivity contribution in [3.8, 4) is 0 Å². The molecule has 2 aliphatic rings. The second-order valence-electron chi connectivity index (χ2n) is 8.84. The van der Waals surface area contributed by atoms with Gasteiger partial charge >= 0.3 is 0 Å². The third-order valence-electron chi connectivity index (χ3n) is 6.58. The normalized spacial score (nSPS) is 18.5. The van der Waals surface area contributed by atoms with Crippen LogP contribution in [0.25, 0.3) is 16.7 Å². The Kier molecular flexibility index (Phi) is 4.87. The number of piperazine rings is 1. The molecule has 32 heavy (non-hydrogen) atoms. The maximum absolute atomic E-state index is 6.67. The number of fused-ring (bicyclic) bond motifs is 2. The van der Waals surface area contributed by atoms with Crippen LogP contribution >= 0.6 is 11.6 Å². The van der Waals surface area contributed by atoms with Crippen LogP contribution in [0, 0.1) is 5.92 Å². The van der Waals surface area contributed by atoms with Gasteiger partial charge in [-0.3, -0.25) is 9.30 Å². The number of imidazole rings is 2. The molecule has 0 radical (unpaired) electrons. The zero-order chi connectivity index (χ0) is 21.7. The summed E-state index contributed by atoms with van der Waals surface area (Å²) in [5.74, 6) is 2.79. The zero-order valence-corrected chi connectivity index (χ0v) is 18.8. The van der Waals surface area contributed by atoms with Crippen LogP contribution in [0.3, 0.4) is 0 Å². The highest BCUT2D eigenvalue weighted by molar-refractivity contribution is 6.34. The average molecular weight is 452 g/mol. The third kappa shape index (κ3) is 3.55. The summed E-state index contributed by atoms with van der Waals surface area (Å²) >= 11 is 6.67. The Hall–Kier alpha value is -2.91. The van der Waals surface area contributed by atoms with Crippen molar-refractivity contribution in [2.45, 2.75) is 25.8 Å². The SMILES string of the molecule is CC(Nc1ncnc2nc[nH]c12)c1cc(Cl)c2cncn2c1N1CCN(CC2CC2)CC1. The molecule has 0 spiro atoms. The van der Waals surface area contributed by atoms with Crippen molar-refractivity contribution >= 4 is 39.9 Å². The Balaban J connectivity index is 1.34. The van der Waals surface area contributed by atoms with Crippen LogP contribution in [0.15, 0.2) is 31.2 Å². The quantitative estimate of drug-likeness (QED) is 0.464. The van der Waals surface area contributed by atoms with Gasteiger partial charge in [0, 0.05) is 38.3 Å². The van der Waals surface area contributed by atoms with E-state index in [4.69, 9.17) is 11.6 Å². The Morgan fingerprint density at radius 3 is 2.84 bits per heavy atom. The molecule has 1 aliphatic heterocycles. The van der Waals surface area contributed by atoms with Gasteiger partial charge in [-0.1, -0.05) is 11.6 Å². The maximum Gasteiger partial charge on any atom is 0.182 e. The van der Waals surface area contributed by atoms with Crippen LogP contribution in [0.1, 0.15) is 31.4 Å². The molecule has 1 saturated heterocycles. The van der Waals surface area contributed by atoms with Gasteiger partial charge in [0.25, 0.3) is 0 Å². The second kappa shape index (κ2) is 7.90. The molecule has 166 valence electrons. The van der Waals surface area contributed by atoms with E-state index >= 15 is 0 Å². The summed E-state index contributed by atoms with van der Waals surface area (Å²) in [6.45, 7) is 7.51. The van der Waals surface area contributed by atoms with E-state index in [0.29, 0.717) is 10.7 Å². The van der Waals surface area contributed by atoms with Crippen molar-refractivity contribution in [3.05, 3.63) is 41.8 Å². The summed E-state index contributed by atoms with van der Waals surface area (Å²) < 4.78 is 2.12. The minimum absolute atomic E-state index is 0.0415. The number of nitrogens with zero attached hydrogens (tertiary/aromatic N) is 7. The first kappa shape index (κ1) is 19.8. The number of halogens is 1. The van der Waals surface area contributed by atoms with Crippen molar-refractivity contribution in [2.75, 3.05) is 42.9 Å². The van der Waals surface area contributed by atoms with Gasteiger partial charge in [-0.15, -0.1) is 0 Å². The van der Waals surface area contributed by atoms with Crippen molar-refractivity contribution in [3.63, 3.8) is 0 Å². The molecule has 1 atom stereocenters. The Morgan fingerprint density at radius 1 is 1.19 bits per heavy atom. The van der Waals surface area contributed by atoms with E-state index in [1.807, 2.05) is 12.5 Å². The van der Waals surface area contributed by atoms with E-state index in [9.17, 15) is 0 Å². The topological polar surface area (TPSA) is 90.3 Å². The van der Waals surface area contributed by atoms with Gasteiger partial charge in [0.2, 0.25) is 0 Å². The van der Waals surface area contributed by atoms with Crippen molar-refractivity contribution in [1.82, 2.24) is 34.2 Å². The number of aromatic amines is 1. The summed E-state index contributed by atoms with van der Waals surface area (Å²) in [6.07, 6.45) is 9.65. The smallest absolute Gasteiger partial charge is 0.182 e. The van der Waals surface area contributed by atoms with Crippen LogP contribution in [0.4, 0.5) is 11.6 Å². The first-order valence-corrected chi connectivity index (χ1v) is 11.6. The van der Waals surface area contributed by atoms with E-state index in [1.54, 1.807) is 6.33 Å². The van der Waals surface area contributed by atoms with Crippen molar-refractivity contribution in [2.24, 2.45) is 5.92 Å². The molecule has 0 amide bonds. The van der Waals surface area contributed by atoms with Gasteiger partial charge in [-0.05, 0) is 31.7 Å². The highest BCUT2D eigenvalue weighted by atomic mass is 35.5. The lowest BCUT2D eigenvalue weighted by atomic mass is 10.1. The van der Waals surface area contributed by atoms with E-state index in [-0.39, 0.29) is 6.04 Å². The zero-order valence-electron chi connectivity index (χ0n) is 18.0. The molecule has 0 aromatic carbocycles. The molecule has 5 heterocycles. The molecule has 1 saturated carbocycles. The lowest BCUT2D eigenvalue weighted by molar-refractivity contribution is 0.247. The molecule has 6 rings (SSSR count). The van der Waals surface area contributed by atoms with Gasteiger partial charge in [0.1, 0.15) is 24.0 Å². The van der Waals surface area contributed by atoms with E-state index in [1.165, 1.54) is 25.7 Å². The Morgan fingerprint density at radius 2 is 2.03 bits per heavy atom. The molecule has 4 aromatic heterocycles. The Bertz CT molecular complexity index is 1250. The first-order chi connectivity index (χ1) is 15.7. The standard InChI is InChI=1S/C22H26ClN9/c1-14(29-21-19-20(26-11-25-19)27-12-28-21)16-8-17(23)18-9-24-13-32(18)22(16)31-6-4-30(5-7-31)10-15-2-3-15/h8-9,11-15H,2-7,10H2,1H3,(H2,25,26,27,28,29). The lowest BCUT2D eigenvalue weighted by Gasteiger charge is -2.38. The van der Waals surface area contributed by atoms with Gasteiger partial charge < -0.3 is 15.2 Å². The monoisotopic (exact) mass is 451 g/mol. The summed E-state index contributed by atoms with van der Waals surface area (Å²) in [6, 6.07) is 2.02. The molecular weight excluding hydrogens is 426 g/mol.